The molecular formula is C17H21N3O. The van der Waals surface area contributed by atoms with Crippen molar-refractivity contribution in [3.8, 4) is 0 Å². The summed E-state index contributed by atoms with van der Waals surface area (Å²) in [5, 5.41) is 7.22. The van der Waals surface area contributed by atoms with Gasteiger partial charge < -0.3 is 10.6 Å². The molecule has 1 aromatic heterocycles. The zero-order valence-corrected chi connectivity index (χ0v) is 12.5. The van der Waals surface area contributed by atoms with E-state index in [2.05, 4.69) is 22.5 Å². The third-order valence-electron chi connectivity index (χ3n) is 4.01. The Balaban J connectivity index is 1.96. The summed E-state index contributed by atoms with van der Waals surface area (Å²) in [6.45, 7) is 4.89. The lowest BCUT2D eigenvalue weighted by Gasteiger charge is -2.15. The van der Waals surface area contributed by atoms with Crippen molar-refractivity contribution in [1.82, 2.24) is 10.3 Å². The van der Waals surface area contributed by atoms with Gasteiger partial charge in [-0.3, -0.25) is 4.79 Å². The van der Waals surface area contributed by atoms with Crippen LogP contribution in [0.3, 0.4) is 0 Å². The number of nitrogens with zero attached hydrogens (tertiary/aromatic N) is 1. The van der Waals surface area contributed by atoms with E-state index in [1.165, 1.54) is 12.8 Å². The Morgan fingerprint density at radius 3 is 2.86 bits per heavy atom. The summed E-state index contributed by atoms with van der Waals surface area (Å²) in [4.78, 5) is 17.1. The number of hydrogen-bond donors (Lipinski definition) is 2. The van der Waals surface area contributed by atoms with Crippen LogP contribution in [0, 0.1) is 5.92 Å². The number of pyridine rings is 1. The average molecular weight is 283 g/mol. The SMILES string of the molecule is CCNc1cc(C(=O)NC(C)C2CC2)c2ccccc2n1. The van der Waals surface area contributed by atoms with Gasteiger partial charge in [0.15, 0.2) is 0 Å². The molecule has 1 aliphatic rings. The third kappa shape index (κ3) is 2.99. The van der Waals surface area contributed by atoms with E-state index in [4.69, 9.17) is 0 Å². The van der Waals surface area contributed by atoms with Crippen LogP contribution in [0.1, 0.15) is 37.0 Å². The van der Waals surface area contributed by atoms with Gasteiger partial charge in [0.25, 0.3) is 5.91 Å². The first-order chi connectivity index (χ1) is 10.2. The second-order valence-corrected chi connectivity index (χ2v) is 5.70. The number of amides is 1. The smallest absolute Gasteiger partial charge is 0.252 e. The highest BCUT2D eigenvalue weighted by Gasteiger charge is 2.29. The van der Waals surface area contributed by atoms with Crippen molar-refractivity contribution in [2.75, 3.05) is 11.9 Å². The van der Waals surface area contributed by atoms with Crippen molar-refractivity contribution in [2.45, 2.75) is 32.7 Å². The molecule has 0 spiro atoms. The van der Waals surface area contributed by atoms with Crippen molar-refractivity contribution in [1.29, 1.82) is 0 Å². The lowest BCUT2D eigenvalue weighted by molar-refractivity contribution is 0.0937. The zero-order valence-electron chi connectivity index (χ0n) is 12.5. The highest BCUT2D eigenvalue weighted by Crippen LogP contribution is 2.32. The van der Waals surface area contributed by atoms with Gasteiger partial charge in [0.2, 0.25) is 0 Å². The molecule has 1 amide bonds. The maximum atomic E-state index is 12.6. The van der Waals surface area contributed by atoms with Gasteiger partial charge in [-0.1, -0.05) is 18.2 Å². The van der Waals surface area contributed by atoms with E-state index >= 15 is 0 Å². The molecule has 2 aromatic rings. The molecule has 110 valence electrons. The van der Waals surface area contributed by atoms with Crippen molar-refractivity contribution < 1.29 is 4.79 Å². The lowest BCUT2D eigenvalue weighted by atomic mass is 10.1. The molecule has 0 radical (unpaired) electrons. The lowest BCUT2D eigenvalue weighted by Crippen LogP contribution is -2.34. The predicted octanol–water partition coefficient (Wildman–Crippen LogP) is 3.19. The fraction of sp³-hybridized carbons (Fsp3) is 0.412. The minimum atomic E-state index is -0.00727. The molecule has 1 unspecified atom stereocenters. The molecule has 0 bridgehead atoms. The number of rotatable bonds is 5. The Kier molecular flexibility index (Phi) is 3.78. The Morgan fingerprint density at radius 2 is 2.14 bits per heavy atom. The molecule has 1 fully saturated rings. The van der Waals surface area contributed by atoms with E-state index in [9.17, 15) is 4.79 Å². The first kappa shape index (κ1) is 13.9. The Hall–Kier alpha value is -2.10. The Labute approximate surface area is 125 Å². The van der Waals surface area contributed by atoms with Crippen molar-refractivity contribution in [2.24, 2.45) is 5.92 Å². The maximum Gasteiger partial charge on any atom is 0.252 e. The molecule has 0 aliphatic heterocycles. The quantitative estimate of drug-likeness (QED) is 0.886. The molecule has 1 heterocycles. The number of fused-ring (bicyclic) bond motifs is 1. The monoisotopic (exact) mass is 283 g/mol. The van der Waals surface area contributed by atoms with Gasteiger partial charge >= 0.3 is 0 Å². The fourth-order valence-electron chi connectivity index (χ4n) is 2.63. The van der Waals surface area contributed by atoms with Gasteiger partial charge in [0.1, 0.15) is 5.82 Å². The molecule has 4 heteroatoms. The van der Waals surface area contributed by atoms with E-state index in [-0.39, 0.29) is 11.9 Å². The topological polar surface area (TPSA) is 54.0 Å². The summed E-state index contributed by atoms with van der Waals surface area (Å²) < 4.78 is 0. The number of hydrogen-bond acceptors (Lipinski definition) is 3. The molecule has 1 aromatic carbocycles. The number of anilines is 1. The molecule has 4 nitrogen and oxygen atoms in total. The van der Waals surface area contributed by atoms with Crippen LogP contribution in [-0.4, -0.2) is 23.5 Å². The van der Waals surface area contributed by atoms with E-state index in [1.54, 1.807) is 0 Å². The van der Waals surface area contributed by atoms with Gasteiger partial charge in [-0.25, -0.2) is 4.98 Å². The van der Waals surface area contributed by atoms with Gasteiger partial charge in [0, 0.05) is 18.0 Å². The second-order valence-electron chi connectivity index (χ2n) is 5.70. The summed E-state index contributed by atoms with van der Waals surface area (Å²) >= 11 is 0. The standard InChI is InChI=1S/C17H21N3O/c1-3-18-16-10-14(13-6-4-5-7-15(13)20-16)17(21)19-11(2)12-8-9-12/h4-7,10-12H,3,8-9H2,1-2H3,(H,18,20)(H,19,21). The summed E-state index contributed by atoms with van der Waals surface area (Å²) in [6, 6.07) is 9.87. The number of para-hydroxylation sites is 1. The van der Waals surface area contributed by atoms with Gasteiger partial charge in [-0.15, -0.1) is 0 Å². The molecule has 1 atom stereocenters. The summed E-state index contributed by atoms with van der Waals surface area (Å²) in [7, 11) is 0. The largest absolute Gasteiger partial charge is 0.370 e. The number of benzene rings is 1. The zero-order chi connectivity index (χ0) is 14.8. The van der Waals surface area contributed by atoms with Crippen LogP contribution in [0.4, 0.5) is 5.82 Å². The van der Waals surface area contributed by atoms with E-state index in [0.29, 0.717) is 11.5 Å². The number of carbonyl (C=O) groups is 1. The summed E-state index contributed by atoms with van der Waals surface area (Å²) in [5.41, 5.74) is 1.55. The van der Waals surface area contributed by atoms with Gasteiger partial charge in [-0.2, -0.15) is 0 Å². The maximum absolute atomic E-state index is 12.6. The van der Waals surface area contributed by atoms with Crippen LogP contribution in [0.15, 0.2) is 30.3 Å². The molecule has 1 aliphatic carbocycles. The van der Waals surface area contributed by atoms with Crippen LogP contribution in [-0.2, 0) is 0 Å². The summed E-state index contributed by atoms with van der Waals surface area (Å²) in [5.74, 6) is 1.39. The minimum absolute atomic E-state index is 0.00727. The first-order valence-corrected chi connectivity index (χ1v) is 7.63. The Bertz CT molecular complexity index is 664. The first-order valence-electron chi connectivity index (χ1n) is 7.63. The fourth-order valence-corrected chi connectivity index (χ4v) is 2.63. The third-order valence-corrected chi connectivity index (χ3v) is 4.01. The predicted molar refractivity (Wildman–Crippen MR) is 85.6 cm³/mol. The van der Waals surface area contributed by atoms with Gasteiger partial charge in [-0.05, 0) is 44.7 Å². The van der Waals surface area contributed by atoms with Crippen molar-refractivity contribution in [3.63, 3.8) is 0 Å². The minimum Gasteiger partial charge on any atom is -0.370 e. The second kappa shape index (κ2) is 5.72. The highest BCUT2D eigenvalue weighted by molar-refractivity contribution is 6.07. The normalized spacial score (nSPS) is 15.7. The molecule has 3 rings (SSSR count). The van der Waals surface area contributed by atoms with E-state index in [0.717, 1.165) is 23.3 Å². The van der Waals surface area contributed by atoms with Crippen LogP contribution in [0.25, 0.3) is 10.9 Å². The number of aromatic nitrogens is 1. The van der Waals surface area contributed by atoms with E-state index < -0.39 is 0 Å². The number of carbonyl (C=O) groups excluding carboxylic acids is 1. The van der Waals surface area contributed by atoms with Crippen LogP contribution >= 0.6 is 0 Å². The van der Waals surface area contributed by atoms with Crippen LogP contribution < -0.4 is 10.6 Å². The van der Waals surface area contributed by atoms with Crippen LogP contribution in [0.5, 0.6) is 0 Å². The van der Waals surface area contributed by atoms with Crippen molar-refractivity contribution in [3.05, 3.63) is 35.9 Å². The number of nitrogens with one attached hydrogen (secondary N) is 2. The Morgan fingerprint density at radius 1 is 1.38 bits per heavy atom. The molecule has 2 N–H and O–H groups in total. The van der Waals surface area contributed by atoms with Crippen LogP contribution in [0.2, 0.25) is 0 Å². The van der Waals surface area contributed by atoms with Gasteiger partial charge in [0.05, 0.1) is 11.1 Å². The molecule has 21 heavy (non-hydrogen) atoms. The van der Waals surface area contributed by atoms with E-state index in [1.807, 2.05) is 37.3 Å². The van der Waals surface area contributed by atoms with Crippen molar-refractivity contribution >= 4 is 22.6 Å². The molecule has 1 saturated carbocycles. The molecular weight excluding hydrogens is 262 g/mol. The summed E-state index contributed by atoms with van der Waals surface area (Å²) in [6.07, 6.45) is 2.45. The highest BCUT2D eigenvalue weighted by atomic mass is 16.1. The average Bonchev–Trinajstić information content (AvgIpc) is 3.31. The molecule has 0 saturated heterocycles.